The summed E-state index contributed by atoms with van der Waals surface area (Å²) in [6.45, 7) is 0.390. The van der Waals surface area contributed by atoms with Gasteiger partial charge in [-0.2, -0.15) is 9.78 Å². The predicted molar refractivity (Wildman–Crippen MR) is 161 cm³/mol. The number of aromatic nitrogens is 2. The lowest BCUT2D eigenvalue weighted by atomic mass is 10.2. The Morgan fingerprint density at radius 3 is 2.65 bits per heavy atom. The molecule has 0 radical (unpaired) electrons. The van der Waals surface area contributed by atoms with Crippen LogP contribution in [-0.2, 0) is 6.61 Å². The highest BCUT2D eigenvalue weighted by Crippen LogP contribution is 2.30. The Morgan fingerprint density at radius 1 is 1.00 bits per heavy atom. The zero-order chi connectivity index (χ0) is 27.6. The fourth-order valence-corrected chi connectivity index (χ4v) is 4.71. The molecule has 0 spiro atoms. The van der Waals surface area contributed by atoms with Gasteiger partial charge in [0.15, 0.2) is 17.3 Å². The molecule has 0 aliphatic rings. The number of benzene rings is 4. The second-order valence-electron chi connectivity index (χ2n) is 8.93. The monoisotopic (exact) mass is 613 g/mol. The van der Waals surface area contributed by atoms with Gasteiger partial charge in [-0.05, 0) is 77.9 Å². The van der Waals surface area contributed by atoms with Crippen molar-refractivity contribution in [1.82, 2.24) is 9.66 Å². The molecule has 7 nitrogen and oxygen atoms in total. The van der Waals surface area contributed by atoms with E-state index in [0.29, 0.717) is 50.9 Å². The summed E-state index contributed by atoms with van der Waals surface area (Å²) in [6, 6.07) is 27.6. The number of halogens is 2. The number of fused-ring (bicyclic) bond motifs is 2. The topological polar surface area (TPSA) is 78.9 Å². The molecule has 6 rings (SSSR count). The first-order valence-corrected chi connectivity index (χ1v) is 13.5. The smallest absolute Gasteiger partial charge is 0.282 e. The first-order valence-electron chi connectivity index (χ1n) is 12.3. The number of para-hydroxylation sites is 1. The quantitative estimate of drug-likeness (QED) is 0.172. The molecule has 0 unspecified atom stereocenters. The van der Waals surface area contributed by atoms with Gasteiger partial charge in [0.1, 0.15) is 12.2 Å². The fourth-order valence-electron chi connectivity index (χ4n) is 4.26. The van der Waals surface area contributed by atoms with Crippen molar-refractivity contribution in [2.75, 3.05) is 7.11 Å². The molecule has 2 heterocycles. The van der Waals surface area contributed by atoms with E-state index in [-0.39, 0.29) is 11.4 Å². The molecular weight excluding hydrogens is 594 g/mol. The van der Waals surface area contributed by atoms with Crippen molar-refractivity contribution in [1.29, 1.82) is 0 Å². The highest BCUT2D eigenvalue weighted by Gasteiger charge is 2.17. The third kappa shape index (κ3) is 5.23. The van der Waals surface area contributed by atoms with E-state index in [1.54, 1.807) is 61.9 Å². The van der Waals surface area contributed by atoms with Crippen LogP contribution in [0, 0.1) is 0 Å². The second-order valence-corrected chi connectivity index (χ2v) is 10.3. The lowest BCUT2D eigenvalue weighted by Crippen LogP contribution is -2.20. The maximum atomic E-state index is 13.5. The summed E-state index contributed by atoms with van der Waals surface area (Å²) >= 11 is 9.60. The Labute approximate surface area is 242 Å². The van der Waals surface area contributed by atoms with Crippen LogP contribution in [0.3, 0.4) is 0 Å². The van der Waals surface area contributed by atoms with Crippen LogP contribution in [0.4, 0.5) is 0 Å². The van der Waals surface area contributed by atoms with Crippen molar-refractivity contribution in [3.8, 4) is 23.1 Å². The minimum Gasteiger partial charge on any atom is -0.493 e. The van der Waals surface area contributed by atoms with E-state index in [0.717, 1.165) is 15.4 Å². The van der Waals surface area contributed by atoms with Crippen molar-refractivity contribution in [2.24, 2.45) is 5.10 Å². The standard InChI is InChI=1S/C31H21BrClN3O4/c1-38-28-14-20(8-12-27(28)39-18-19-6-9-22(32)10-7-19)17-34-36-30(35-25-5-3-2-4-24(25)31(36)37)29-16-21-15-23(33)11-13-26(21)40-29/h2-17H,18H2,1H3. The molecule has 0 saturated heterocycles. The van der Waals surface area contributed by atoms with Crippen LogP contribution in [0.15, 0.2) is 110 Å². The zero-order valence-electron chi connectivity index (χ0n) is 21.2. The zero-order valence-corrected chi connectivity index (χ0v) is 23.5. The maximum Gasteiger partial charge on any atom is 0.282 e. The van der Waals surface area contributed by atoms with Gasteiger partial charge in [-0.15, -0.1) is 0 Å². The van der Waals surface area contributed by atoms with Crippen LogP contribution >= 0.6 is 27.5 Å². The van der Waals surface area contributed by atoms with Crippen molar-refractivity contribution < 1.29 is 13.9 Å². The molecule has 9 heteroatoms. The van der Waals surface area contributed by atoms with Gasteiger partial charge in [0.25, 0.3) is 5.56 Å². The summed E-state index contributed by atoms with van der Waals surface area (Å²) in [5.74, 6) is 1.80. The number of hydrogen-bond acceptors (Lipinski definition) is 6. The number of nitrogens with zero attached hydrogens (tertiary/aromatic N) is 3. The number of rotatable bonds is 7. The van der Waals surface area contributed by atoms with Crippen molar-refractivity contribution in [3.63, 3.8) is 0 Å². The third-order valence-electron chi connectivity index (χ3n) is 6.27. The van der Waals surface area contributed by atoms with Crippen LogP contribution in [-0.4, -0.2) is 23.0 Å². The molecule has 6 aromatic rings. The Kier molecular flexibility index (Phi) is 7.11. The summed E-state index contributed by atoms with van der Waals surface area (Å²) in [5, 5.41) is 6.35. The van der Waals surface area contributed by atoms with E-state index in [1.165, 1.54) is 4.68 Å². The molecule has 2 aromatic heterocycles. The van der Waals surface area contributed by atoms with E-state index >= 15 is 0 Å². The average molecular weight is 615 g/mol. The van der Waals surface area contributed by atoms with E-state index in [2.05, 4.69) is 21.0 Å². The molecule has 0 bridgehead atoms. The van der Waals surface area contributed by atoms with Crippen LogP contribution in [0.2, 0.25) is 5.02 Å². The lowest BCUT2D eigenvalue weighted by molar-refractivity contribution is 0.284. The van der Waals surface area contributed by atoms with Gasteiger partial charge in [0, 0.05) is 14.9 Å². The van der Waals surface area contributed by atoms with Crippen molar-refractivity contribution in [3.05, 3.63) is 122 Å². The molecule has 0 atom stereocenters. The highest BCUT2D eigenvalue weighted by atomic mass is 79.9. The van der Waals surface area contributed by atoms with Crippen LogP contribution in [0.5, 0.6) is 11.5 Å². The number of hydrogen-bond donors (Lipinski definition) is 0. The minimum atomic E-state index is -0.322. The summed E-state index contributed by atoms with van der Waals surface area (Å²) < 4.78 is 19.8. The largest absolute Gasteiger partial charge is 0.493 e. The molecule has 0 aliphatic heterocycles. The van der Waals surface area contributed by atoms with Gasteiger partial charge in [-0.25, -0.2) is 4.98 Å². The van der Waals surface area contributed by atoms with Gasteiger partial charge < -0.3 is 13.9 Å². The van der Waals surface area contributed by atoms with E-state index < -0.39 is 0 Å². The maximum absolute atomic E-state index is 13.5. The molecule has 0 amide bonds. The Morgan fingerprint density at radius 2 is 1.82 bits per heavy atom. The SMILES string of the molecule is COc1cc(C=Nn2c(-c3cc4cc(Cl)ccc4o3)nc3ccccc3c2=O)ccc1OCc1ccc(Br)cc1. The van der Waals surface area contributed by atoms with E-state index in [4.69, 9.17) is 30.5 Å². The molecule has 4 aromatic carbocycles. The predicted octanol–water partition coefficient (Wildman–Crippen LogP) is 7.70. The van der Waals surface area contributed by atoms with E-state index in [9.17, 15) is 4.79 Å². The van der Waals surface area contributed by atoms with Crippen LogP contribution < -0.4 is 15.0 Å². The van der Waals surface area contributed by atoms with Gasteiger partial charge >= 0.3 is 0 Å². The van der Waals surface area contributed by atoms with Crippen molar-refractivity contribution in [2.45, 2.75) is 6.61 Å². The first-order chi connectivity index (χ1) is 19.5. The summed E-state index contributed by atoms with van der Waals surface area (Å²) in [7, 11) is 1.58. The fraction of sp³-hybridized carbons (Fsp3) is 0.0645. The molecule has 0 saturated carbocycles. The number of methoxy groups -OCH3 is 1. The molecular formula is C31H21BrClN3O4. The normalized spacial score (nSPS) is 11.5. The first kappa shape index (κ1) is 25.9. The molecule has 0 N–H and O–H groups in total. The van der Waals surface area contributed by atoms with Gasteiger partial charge in [0.2, 0.25) is 5.82 Å². The Balaban J connectivity index is 1.36. The second kappa shape index (κ2) is 11.0. The summed E-state index contributed by atoms with van der Waals surface area (Å²) in [5.41, 5.74) is 2.58. The third-order valence-corrected chi connectivity index (χ3v) is 7.03. The van der Waals surface area contributed by atoms with E-state index in [1.807, 2.05) is 42.5 Å². The average Bonchev–Trinajstić information content (AvgIpc) is 3.39. The Hall–Kier alpha value is -4.40. The van der Waals surface area contributed by atoms with Crippen LogP contribution in [0.1, 0.15) is 11.1 Å². The molecule has 40 heavy (non-hydrogen) atoms. The lowest BCUT2D eigenvalue weighted by Gasteiger charge is -2.11. The minimum absolute atomic E-state index is 0.272. The molecule has 0 aliphatic carbocycles. The number of ether oxygens (including phenoxy) is 2. The highest BCUT2D eigenvalue weighted by molar-refractivity contribution is 9.10. The summed E-state index contributed by atoms with van der Waals surface area (Å²) in [4.78, 5) is 18.2. The Bertz CT molecular complexity index is 1950. The van der Waals surface area contributed by atoms with Crippen molar-refractivity contribution >= 4 is 55.6 Å². The molecule has 0 fully saturated rings. The van der Waals surface area contributed by atoms with Crippen LogP contribution in [0.25, 0.3) is 33.5 Å². The molecule has 198 valence electrons. The van der Waals surface area contributed by atoms with Gasteiger partial charge in [0.05, 0.1) is 24.2 Å². The summed E-state index contributed by atoms with van der Waals surface area (Å²) in [6.07, 6.45) is 1.57. The van der Waals surface area contributed by atoms with Gasteiger partial charge in [-0.3, -0.25) is 4.79 Å². The van der Waals surface area contributed by atoms with Gasteiger partial charge in [-0.1, -0.05) is 51.8 Å². The number of furan rings is 1.